The Morgan fingerprint density at radius 3 is 2.67 bits per heavy atom. The van der Waals surface area contributed by atoms with E-state index in [9.17, 15) is 15.2 Å². The fourth-order valence-electron chi connectivity index (χ4n) is 1.68. The lowest BCUT2D eigenvalue weighted by molar-refractivity contribution is -0.383. The highest BCUT2D eigenvalue weighted by Gasteiger charge is 2.14. The van der Waals surface area contributed by atoms with E-state index in [0.29, 0.717) is 10.9 Å². The maximum atomic E-state index is 10.8. The number of aromatic hydroxyl groups is 1. The number of nitrogens with zero attached hydrogens (tertiary/aromatic N) is 1. The molecular formula is C11H9NO3. The fraction of sp³-hybridized carbons (Fsp3) is 0.0909. The first-order chi connectivity index (χ1) is 7.11. The SMILES string of the molecule is Cc1c(O)ccc2cccc([N+](=O)[O-])c12. The Morgan fingerprint density at radius 2 is 2.00 bits per heavy atom. The lowest BCUT2D eigenvalue weighted by Gasteiger charge is -2.04. The number of non-ortho nitro benzene ring substituents is 1. The number of nitro benzene ring substituents is 1. The molecule has 0 atom stereocenters. The van der Waals surface area contributed by atoms with Gasteiger partial charge < -0.3 is 5.11 Å². The number of hydrogen-bond acceptors (Lipinski definition) is 3. The Kier molecular flexibility index (Phi) is 2.04. The van der Waals surface area contributed by atoms with Crippen LogP contribution >= 0.6 is 0 Å². The van der Waals surface area contributed by atoms with Crippen molar-refractivity contribution in [2.24, 2.45) is 0 Å². The van der Waals surface area contributed by atoms with Crippen LogP contribution in [0.25, 0.3) is 10.8 Å². The minimum absolute atomic E-state index is 0.0286. The van der Waals surface area contributed by atoms with E-state index in [0.717, 1.165) is 5.39 Å². The van der Waals surface area contributed by atoms with Gasteiger partial charge in [0, 0.05) is 11.6 Å². The number of rotatable bonds is 1. The van der Waals surface area contributed by atoms with E-state index < -0.39 is 4.92 Å². The predicted molar refractivity (Wildman–Crippen MR) is 57.0 cm³/mol. The molecule has 0 unspecified atom stereocenters. The second-order valence-electron chi connectivity index (χ2n) is 3.34. The molecule has 1 N–H and O–H groups in total. The van der Waals surface area contributed by atoms with Gasteiger partial charge in [-0.2, -0.15) is 0 Å². The molecule has 15 heavy (non-hydrogen) atoms. The fourth-order valence-corrected chi connectivity index (χ4v) is 1.68. The highest BCUT2D eigenvalue weighted by Crippen LogP contribution is 2.32. The minimum atomic E-state index is -0.436. The summed E-state index contributed by atoms with van der Waals surface area (Å²) in [5.74, 6) is 0.0804. The lowest BCUT2D eigenvalue weighted by Crippen LogP contribution is -1.91. The van der Waals surface area contributed by atoms with Crippen molar-refractivity contribution in [1.29, 1.82) is 0 Å². The summed E-state index contributed by atoms with van der Waals surface area (Å²) >= 11 is 0. The molecule has 0 bridgehead atoms. The van der Waals surface area contributed by atoms with Gasteiger partial charge in [0.25, 0.3) is 5.69 Å². The molecule has 2 aromatic carbocycles. The largest absolute Gasteiger partial charge is 0.508 e. The molecule has 0 aliphatic carbocycles. The third-order valence-corrected chi connectivity index (χ3v) is 2.45. The van der Waals surface area contributed by atoms with Crippen LogP contribution in [0.5, 0.6) is 5.75 Å². The topological polar surface area (TPSA) is 63.4 Å². The number of hydrogen-bond donors (Lipinski definition) is 1. The highest BCUT2D eigenvalue weighted by atomic mass is 16.6. The smallest absolute Gasteiger partial charge is 0.277 e. The van der Waals surface area contributed by atoms with E-state index in [1.54, 1.807) is 31.2 Å². The average Bonchev–Trinajstić information content (AvgIpc) is 2.23. The quantitative estimate of drug-likeness (QED) is 0.572. The van der Waals surface area contributed by atoms with Gasteiger partial charge in [0.05, 0.1) is 10.3 Å². The summed E-state index contributed by atoms with van der Waals surface area (Å²) < 4.78 is 0. The van der Waals surface area contributed by atoms with Crippen molar-refractivity contribution in [2.45, 2.75) is 6.92 Å². The molecule has 76 valence electrons. The Labute approximate surface area is 85.9 Å². The summed E-state index contributed by atoms with van der Waals surface area (Å²) in [6.07, 6.45) is 0. The molecule has 0 radical (unpaired) electrons. The van der Waals surface area contributed by atoms with Gasteiger partial charge in [-0.1, -0.05) is 18.2 Å². The number of phenolic OH excluding ortho intramolecular Hbond substituents is 1. The molecule has 0 aromatic heterocycles. The molecule has 0 saturated carbocycles. The van der Waals surface area contributed by atoms with Crippen molar-refractivity contribution >= 4 is 16.5 Å². The summed E-state index contributed by atoms with van der Waals surface area (Å²) in [6.45, 7) is 1.67. The third kappa shape index (κ3) is 1.40. The summed E-state index contributed by atoms with van der Waals surface area (Å²) in [7, 11) is 0. The van der Waals surface area contributed by atoms with E-state index in [1.807, 2.05) is 0 Å². The van der Waals surface area contributed by atoms with Gasteiger partial charge in [-0.3, -0.25) is 10.1 Å². The van der Waals surface area contributed by atoms with E-state index >= 15 is 0 Å². The van der Waals surface area contributed by atoms with E-state index in [4.69, 9.17) is 0 Å². The zero-order valence-electron chi connectivity index (χ0n) is 8.10. The Morgan fingerprint density at radius 1 is 1.27 bits per heavy atom. The normalized spacial score (nSPS) is 10.5. The van der Waals surface area contributed by atoms with Crippen LogP contribution in [0.4, 0.5) is 5.69 Å². The molecule has 0 spiro atoms. The number of aryl methyl sites for hydroxylation is 1. The third-order valence-electron chi connectivity index (χ3n) is 2.45. The predicted octanol–water partition coefficient (Wildman–Crippen LogP) is 2.76. The van der Waals surface area contributed by atoms with Crippen LogP contribution in [0.15, 0.2) is 30.3 Å². The van der Waals surface area contributed by atoms with Gasteiger partial charge in [0.2, 0.25) is 0 Å². The molecule has 2 rings (SSSR count). The average molecular weight is 203 g/mol. The van der Waals surface area contributed by atoms with Crippen LogP contribution in [0, 0.1) is 17.0 Å². The van der Waals surface area contributed by atoms with Crippen LogP contribution in [-0.2, 0) is 0 Å². The molecule has 4 heteroatoms. The lowest BCUT2D eigenvalue weighted by atomic mass is 10.0. The molecule has 0 aliphatic rings. The number of benzene rings is 2. The molecule has 4 nitrogen and oxygen atoms in total. The summed E-state index contributed by atoms with van der Waals surface area (Å²) in [5, 5.41) is 21.6. The van der Waals surface area contributed by atoms with Crippen molar-refractivity contribution in [3.05, 3.63) is 46.0 Å². The van der Waals surface area contributed by atoms with Crippen LogP contribution < -0.4 is 0 Å². The first kappa shape index (κ1) is 9.45. The molecule has 0 fully saturated rings. The van der Waals surface area contributed by atoms with Crippen LogP contribution in [0.1, 0.15) is 5.56 Å². The van der Waals surface area contributed by atoms with Crippen LogP contribution in [0.3, 0.4) is 0 Å². The Hall–Kier alpha value is -2.10. The molecular weight excluding hydrogens is 194 g/mol. The van der Waals surface area contributed by atoms with Crippen molar-refractivity contribution in [2.75, 3.05) is 0 Å². The van der Waals surface area contributed by atoms with Crippen LogP contribution in [0.2, 0.25) is 0 Å². The Bertz CT molecular complexity index is 549. The van der Waals surface area contributed by atoms with Crippen molar-refractivity contribution in [3.8, 4) is 5.75 Å². The molecule has 2 aromatic rings. The minimum Gasteiger partial charge on any atom is -0.508 e. The van der Waals surface area contributed by atoms with Crippen molar-refractivity contribution in [3.63, 3.8) is 0 Å². The zero-order valence-corrected chi connectivity index (χ0v) is 8.10. The second-order valence-corrected chi connectivity index (χ2v) is 3.34. The zero-order chi connectivity index (χ0) is 11.0. The first-order valence-corrected chi connectivity index (χ1v) is 4.47. The Balaban J connectivity index is 2.94. The van der Waals surface area contributed by atoms with Crippen molar-refractivity contribution in [1.82, 2.24) is 0 Å². The second kappa shape index (κ2) is 3.24. The monoisotopic (exact) mass is 203 g/mol. The van der Waals surface area contributed by atoms with E-state index in [-0.39, 0.29) is 11.4 Å². The summed E-state index contributed by atoms with van der Waals surface area (Å²) in [6, 6.07) is 8.08. The standard InChI is InChI=1S/C11H9NO3/c1-7-10(13)6-5-8-3-2-4-9(11(7)8)12(14)15/h2-6,13H,1H3. The van der Waals surface area contributed by atoms with Gasteiger partial charge in [0.1, 0.15) is 5.75 Å². The molecule has 0 aliphatic heterocycles. The van der Waals surface area contributed by atoms with E-state index in [2.05, 4.69) is 0 Å². The van der Waals surface area contributed by atoms with Gasteiger partial charge in [0.15, 0.2) is 0 Å². The maximum Gasteiger partial charge on any atom is 0.277 e. The number of fused-ring (bicyclic) bond motifs is 1. The van der Waals surface area contributed by atoms with Gasteiger partial charge >= 0.3 is 0 Å². The van der Waals surface area contributed by atoms with Crippen LogP contribution in [-0.4, -0.2) is 10.0 Å². The van der Waals surface area contributed by atoms with Gasteiger partial charge in [-0.25, -0.2) is 0 Å². The maximum absolute atomic E-state index is 10.8. The summed E-state index contributed by atoms with van der Waals surface area (Å²) in [5.41, 5.74) is 0.570. The molecule has 0 saturated heterocycles. The number of phenols is 1. The van der Waals surface area contributed by atoms with Gasteiger partial charge in [-0.15, -0.1) is 0 Å². The van der Waals surface area contributed by atoms with E-state index in [1.165, 1.54) is 6.07 Å². The number of nitro groups is 1. The van der Waals surface area contributed by atoms with Gasteiger partial charge in [-0.05, 0) is 18.4 Å². The summed E-state index contributed by atoms with van der Waals surface area (Å²) in [4.78, 5) is 10.4. The molecule has 0 amide bonds. The first-order valence-electron chi connectivity index (χ1n) is 4.47. The molecule has 0 heterocycles. The van der Waals surface area contributed by atoms with Crippen molar-refractivity contribution < 1.29 is 10.0 Å². The highest BCUT2D eigenvalue weighted by molar-refractivity contribution is 5.94.